The number of benzene rings is 1. The van der Waals surface area contributed by atoms with Crippen LogP contribution >= 0.6 is 0 Å². The van der Waals surface area contributed by atoms with Crippen LogP contribution in [0.25, 0.3) is 0 Å². The average Bonchev–Trinajstić information content (AvgIpc) is 2.59. The second-order valence-electron chi connectivity index (χ2n) is 6.84. The molecule has 0 bridgehead atoms. The van der Waals surface area contributed by atoms with E-state index in [4.69, 9.17) is 5.73 Å². The number of Topliss-reactive ketones (excluding diaryl/α,β-unsaturated/α-hetero) is 1. The van der Waals surface area contributed by atoms with Gasteiger partial charge in [0.15, 0.2) is 0 Å². The molecule has 0 heterocycles. The number of amides is 2. The van der Waals surface area contributed by atoms with Crippen LogP contribution in [0.4, 0.5) is 8.78 Å². The highest BCUT2D eigenvalue weighted by Crippen LogP contribution is 2.18. The van der Waals surface area contributed by atoms with E-state index in [2.05, 4.69) is 5.32 Å². The first kappa shape index (κ1) is 22.7. The molecule has 8 heteroatoms. The van der Waals surface area contributed by atoms with Gasteiger partial charge in [-0.2, -0.15) is 8.78 Å². The Labute approximate surface area is 157 Å². The highest BCUT2D eigenvalue weighted by molar-refractivity contribution is 5.91. The van der Waals surface area contributed by atoms with Crippen LogP contribution in [0, 0.1) is 5.92 Å². The van der Waals surface area contributed by atoms with Gasteiger partial charge in [-0.15, -0.1) is 0 Å². The number of ketones is 1. The van der Waals surface area contributed by atoms with Gasteiger partial charge in [-0.05, 0) is 17.9 Å². The first-order valence-electron chi connectivity index (χ1n) is 8.87. The van der Waals surface area contributed by atoms with E-state index in [1.807, 2.05) is 23.5 Å². The van der Waals surface area contributed by atoms with E-state index >= 15 is 0 Å². The van der Waals surface area contributed by atoms with E-state index in [0.29, 0.717) is 0 Å². The molecule has 0 spiro atoms. The van der Waals surface area contributed by atoms with Gasteiger partial charge in [0.1, 0.15) is 0 Å². The zero-order valence-electron chi connectivity index (χ0n) is 15.6. The molecule has 1 rings (SSSR count). The fraction of sp³-hybridized carbons (Fsp3) is 0.526. The lowest BCUT2D eigenvalue weighted by Crippen LogP contribution is -2.50. The van der Waals surface area contributed by atoms with E-state index in [1.165, 1.54) is 0 Å². The van der Waals surface area contributed by atoms with Crippen LogP contribution in [0.5, 0.6) is 0 Å². The molecule has 0 aromatic heterocycles. The van der Waals surface area contributed by atoms with Crippen molar-refractivity contribution in [3.8, 4) is 0 Å². The van der Waals surface area contributed by atoms with Gasteiger partial charge in [0.05, 0.1) is 19.0 Å². The Morgan fingerprint density at radius 1 is 1.07 bits per heavy atom. The SMILES string of the molecule is CC(C)CC(N)C(=O)C(F)(F)CNC(=O)CCNC(=O)Cc1ccccc1. The normalized spacial score (nSPS) is 12.5. The van der Waals surface area contributed by atoms with Crippen LogP contribution < -0.4 is 16.4 Å². The molecule has 2 amide bonds. The summed E-state index contributed by atoms with van der Waals surface area (Å²) in [5.41, 5.74) is 6.33. The molecule has 27 heavy (non-hydrogen) atoms. The number of rotatable bonds is 11. The first-order valence-corrected chi connectivity index (χ1v) is 8.87. The van der Waals surface area contributed by atoms with E-state index in [9.17, 15) is 23.2 Å². The second-order valence-corrected chi connectivity index (χ2v) is 6.84. The summed E-state index contributed by atoms with van der Waals surface area (Å²) < 4.78 is 27.7. The van der Waals surface area contributed by atoms with Crippen molar-refractivity contribution in [3.05, 3.63) is 35.9 Å². The maximum atomic E-state index is 13.9. The molecule has 0 aliphatic rings. The van der Waals surface area contributed by atoms with Gasteiger partial charge in [-0.3, -0.25) is 14.4 Å². The molecule has 0 aliphatic heterocycles. The topological polar surface area (TPSA) is 101 Å². The van der Waals surface area contributed by atoms with Gasteiger partial charge in [0.2, 0.25) is 17.6 Å². The molecule has 1 unspecified atom stereocenters. The van der Waals surface area contributed by atoms with E-state index in [-0.39, 0.29) is 37.6 Å². The Morgan fingerprint density at radius 2 is 1.70 bits per heavy atom. The zero-order valence-corrected chi connectivity index (χ0v) is 15.6. The minimum Gasteiger partial charge on any atom is -0.355 e. The third-order valence-corrected chi connectivity index (χ3v) is 3.81. The molecule has 0 saturated carbocycles. The summed E-state index contributed by atoms with van der Waals surface area (Å²) >= 11 is 0. The first-order chi connectivity index (χ1) is 12.6. The van der Waals surface area contributed by atoms with Gasteiger partial charge in [-0.1, -0.05) is 44.2 Å². The van der Waals surface area contributed by atoms with Crippen molar-refractivity contribution < 1.29 is 23.2 Å². The Kier molecular flexibility index (Phi) is 9.00. The molecule has 1 atom stereocenters. The van der Waals surface area contributed by atoms with E-state index < -0.39 is 30.2 Å². The Morgan fingerprint density at radius 3 is 2.30 bits per heavy atom. The fourth-order valence-corrected chi connectivity index (χ4v) is 2.43. The van der Waals surface area contributed by atoms with Crippen molar-refractivity contribution in [3.63, 3.8) is 0 Å². The van der Waals surface area contributed by atoms with E-state index in [0.717, 1.165) is 5.56 Å². The largest absolute Gasteiger partial charge is 0.355 e. The number of hydrogen-bond donors (Lipinski definition) is 3. The monoisotopic (exact) mass is 383 g/mol. The van der Waals surface area contributed by atoms with Gasteiger partial charge in [-0.25, -0.2) is 0 Å². The number of carbonyl (C=O) groups excluding carboxylic acids is 3. The third-order valence-electron chi connectivity index (χ3n) is 3.81. The number of hydrogen-bond acceptors (Lipinski definition) is 4. The molecule has 4 N–H and O–H groups in total. The predicted molar refractivity (Wildman–Crippen MR) is 98.2 cm³/mol. The minimum absolute atomic E-state index is 0.00818. The number of alkyl halides is 2. The Balaban J connectivity index is 2.31. The standard InChI is InChI=1S/C19H27F2N3O3/c1-13(2)10-15(22)18(27)19(20,21)12-24-16(25)8-9-23-17(26)11-14-6-4-3-5-7-14/h3-7,13,15H,8-12,22H2,1-2H3,(H,23,26)(H,24,25). The van der Waals surface area contributed by atoms with Crippen LogP contribution in [-0.4, -0.2) is 42.7 Å². The molecule has 0 radical (unpaired) electrons. The molecule has 1 aromatic carbocycles. The van der Waals surface area contributed by atoms with Crippen molar-refractivity contribution in [2.75, 3.05) is 13.1 Å². The number of nitrogens with two attached hydrogens (primary N) is 1. The highest BCUT2D eigenvalue weighted by Gasteiger charge is 2.41. The van der Waals surface area contributed by atoms with Crippen LogP contribution in [0.1, 0.15) is 32.3 Å². The lowest BCUT2D eigenvalue weighted by atomic mass is 9.97. The summed E-state index contributed by atoms with van der Waals surface area (Å²) in [5, 5.41) is 4.57. The highest BCUT2D eigenvalue weighted by atomic mass is 19.3. The molecule has 0 saturated heterocycles. The van der Waals surface area contributed by atoms with Crippen molar-refractivity contribution >= 4 is 17.6 Å². The Bertz CT molecular complexity index is 636. The minimum atomic E-state index is -3.72. The zero-order chi connectivity index (χ0) is 20.4. The lowest BCUT2D eigenvalue weighted by molar-refractivity contribution is -0.145. The summed E-state index contributed by atoms with van der Waals surface area (Å²) in [6.07, 6.45) is 0.154. The van der Waals surface area contributed by atoms with Crippen LogP contribution in [0.3, 0.4) is 0 Å². The second kappa shape index (κ2) is 10.7. The van der Waals surface area contributed by atoms with Crippen molar-refractivity contribution in [2.24, 2.45) is 11.7 Å². The average molecular weight is 383 g/mol. The Hall–Kier alpha value is -2.35. The summed E-state index contributed by atoms with van der Waals surface area (Å²) in [5.74, 6) is -6.05. The number of halogens is 2. The van der Waals surface area contributed by atoms with Crippen LogP contribution in [0.15, 0.2) is 30.3 Å². The molecule has 1 aromatic rings. The molecule has 6 nitrogen and oxygen atoms in total. The summed E-state index contributed by atoms with van der Waals surface area (Å²) in [4.78, 5) is 35.1. The summed E-state index contributed by atoms with van der Waals surface area (Å²) in [6.45, 7) is 2.47. The van der Waals surface area contributed by atoms with Crippen molar-refractivity contribution in [2.45, 2.75) is 45.1 Å². The maximum Gasteiger partial charge on any atom is 0.323 e. The van der Waals surface area contributed by atoms with Gasteiger partial charge in [0, 0.05) is 13.0 Å². The molecule has 0 aliphatic carbocycles. The molecular formula is C19H27F2N3O3. The van der Waals surface area contributed by atoms with Crippen LogP contribution in [0.2, 0.25) is 0 Å². The maximum absolute atomic E-state index is 13.9. The fourth-order valence-electron chi connectivity index (χ4n) is 2.43. The third kappa shape index (κ3) is 8.72. The van der Waals surface area contributed by atoms with Crippen molar-refractivity contribution in [1.82, 2.24) is 10.6 Å². The molecule has 0 fully saturated rings. The quantitative estimate of drug-likeness (QED) is 0.538. The predicted octanol–water partition coefficient (Wildman–Crippen LogP) is 1.43. The van der Waals surface area contributed by atoms with Gasteiger partial charge in [0.25, 0.3) is 0 Å². The number of nitrogens with one attached hydrogen (secondary N) is 2. The molecule has 150 valence electrons. The smallest absolute Gasteiger partial charge is 0.323 e. The van der Waals surface area contributed by atoms with Crippen molar-refractivity contribution in [1.29, 1.82) is 0 Å². The lowest BCUT2D eigenvalue weighted by Gasteiger charge is -2.20. The summed E-state index contributed by atoms with van der Waals surface area (Å²) in [7, 11) is 0. The molecular weight excluding hydrogens is 356 g/mol. The van der Waals surface area contributed by atoms with Crippen LogP contribution in [-0.2, 0) is 20.8 Å². The van der Waals surface area contributed by atoms with Gasteiger partial charge < -0.3 is 16.4 Å². The number of carbonyl (C=O) groups is 3. The van der Waals surface area contributed by atoms with E-state index in [1.54, 1.807) is 26.0 Å². The van der Waals surface area contributed by atoms with Gasteiger partial charge >= 0.3 is 5.92 Å². The summed E-state index contributed by atoms with van der Waals surface area (Å²) in [6, 6.07) is 7.79.